The van der Waals surface area contributed by atoms with Crippen LogP contribution in [-0.2, 0) is 19.5 Å². The Kier molecular flexibility index (Phi) is 3.32. The summed E-state index contributed by atoms with van der Waals surface area (Å²) in [4.78, 5) is 0. The van der Waals surface area contributed by atoms with Gasteiger partial charge in [0, 0.05) is 19.5 Å². The number of thiophene rings is 1. The van der Waals surface area contributed by atoms with E-state index in [2.05, 4.69) is 6.92 Å². The Labute approximate surface area is 60.3 Å². The molecule has 0 unspecified atom stereocenters. The summed E-state index contributed by atoms with van der Waals surface area (Å²) in [6, 6.07) is 1.99. The number of rotatable bonds is 0. The number of hydrogen-bond acceptors (Lipinski definition) is 1. The van der Waals surface area contributed by atoms with Crippen LogP contribution in [0.1, 0.15) is 5.56 Å². The maximum Gasteiger partial charge on any atom is 0 e. The molecule has 0 aliphatic rings. The van der Waals surface area contributed by atoms with Crippen molar-refractivity contribution in [1.82, 2.24) is 0 Å². The third-order valence-corrected chi connectivity index (χ3v) is 1.31. The van der Waals surface area contributed by atoms with Crippen LogP contribution in [0.2, 0.25) is 0 Å². The van der Waals surface area contributed by atoms with Crippen molar-refractivity contribution in [3.05, 3.63) is 29.3 Å². The summed E-state index contributed by atoms with van der Waals surface area (Å²) in [5.74, 6) is 0. The molecule has 0 aliphatic heterocycles. The molecule has 0 saturated carbocycles. The summed E-state index contributed by atoms with van der Waals surface area (Å²) in [7, 11) is 0. The van der Waals surface area contributed by atoms with E-state index in [1.807, 2.05) is 16.8 Å². The smallest absolute Gasteiger partial charge is 0 e. The van der Waals surface area contributed by atoms with Crippen molar-refractivity contribution in [2.75, 3.05) is 0 Å². The van der Waals surface area contributed by atoms with E-state index in [0.717, 1.165) is 5.56 Å². The molecule has 1 heterocycles. The summed E-state index contributed by atoms with van der Waals surface area (Å²) in [5.41, 5.74) is 1.11. The summed E-state index contributed by atoms with van der Waals surface area (Å²) in [5, 5.41) is 4.03. The van der Waals surface area contributed by atoms with Crippen LogP contribution in [0.3, 0.4) is 0 Å². The Morgan fingerprint density at radius 2 is 2.29 bits per heavy atom. The van der Waals surface area contributed by atoms with Crippen molar-refractivity contribution in [1.29, 1.82) is 0 Å². The van der Waals surface area contributed by atoms with Crippen molar-refractivity contribution in [2.45, 2.75) is 0 Å². The molecule has 0 aliphatic carbocycles. The van der Waals surface area contributed by atoms with Crippen LogP contribution in [0, 0.1) is 6.92 Å². The second-order valence-electron chi connectivity index (χ2n) is 1.13. The first-order valence-electron chi connectivity index (χ1n) is 1.74. The van der Waals surface area contributed by atoms with Gasteiger partial charge in [-0.05, 0) is 0 Å². The molecule has 34 valence electrons. The van der Waals surface area contributed by atoms with Crippen molar-refractivity contribution in [3.8, 4) is 0 Å². The van der Waals surface area contributed by atoms with Crippen LogP contribution in [0.4, 0.5) is 0 Å². The SMILES string of the molecule is [CH2-]c1ccsc1.[Zn]. The van der Waals surface area contributed by atoms with Crippen molar-refractivity contribution in [2.24, 2.45) is 0 Å². The molecule has 7 heavy (non-hydrogen) atoms. The molecule has 0 bridgehead atoms. The van der Waals surface area contributed by atoms with E-state index in [1.54, 1.807) is 11.3 Å². The predicted molar refractivity (Wildman–Crippen MR) is 28.8 cm³/mol. The molecule has 0 radical (unpaired) electrons. The van der Waals surface area contributed by atoms with Gasteiger partial charge in [-0.15, -0.1) is 5.38 Å². The topological polar surface area (TPSA) is 0 Å². The quantitative estimate of drug-likeness (QED) is 0.404. The van der Waals surface area contributed by atoms with Gasteiger partial charge in [0.25, 0.3) is 0 Å². The van der Waals surface area contributed by atoms with Gasteiger partial charge in [0.15, 0.2) is 0 Å². The minimum absolute atomic E-state index is 0. The van der Waals surface area contributed by atoms with E-state index >= 15 is 0 Å². The Balaban J connectivity index is 0.000000360. The molecule has 0 saturated heterocycles. The van der Waals surface area contributed by atoms with E-state index < -0.39 is 0 Å². The Hall–Kier alpha value is 0.193. The molecule has 0 fully saturated rings. The normalized spacial score (nSPS) is 7.43. The zero-order chi connectivity index (χ0) is 4.41. The minimum Gasteiger partial charge on any atom is -0.234 e. The maximum atomic E-state index is 3.69. The van der Waals surface area contributed by atoms with E-state index in [-0.39, 0.29) is 19.5 Å². The summed E-state index contributed by atoms with van der Waals surface area (Å²) in [6.45, 7) is 3.69. The molecule has 2 heteroatoms. The van der Waals surface area contributed by atoms with Gasteiger partial charge in [0.05, 0.1) is 0 Å². The molecule has 1 aromatic rings. The predicted octanol–water partition coefficient (Wildman–Crippen LogP) is 1.93. The van der Waals surface area contributed by atoms with Crippen molar-refractivity contribution >= 4 is 11.3 Å². The van der Waals surface area contributed by atoms with Gasteiger partial charge in [0.1, 0.15) is 0 Å². The number of hydrogen-bond donors (Lipinski definition) is 0. The van der Waals surface area contributed by atoms with E-state index in [4.69, 9.17) is 0 Å². The van der Waals surface area contributed by atoms with E-state index in [0.29, 0.717) is 0 Å². The van der Waals surface area contributed by atoms with Crippen LogP contribution in [0.15, 0.2) is 16.8 Å². The second-order valence-corrected chi connectivity index (χ2v) is 1.91. The third kappa shape index (κ3) is 2.10. The average Bonchev–Trinajstić information content (AvgIpc) is 1.86. The Bertz CT molecular complexity index is 112. The van der Waals surface area contributed by atoms with Gasteiger partial charge in [-0.2, -0.15) is 18.6 Å². The van der Waals surface area contributed by atoms with Crippen LogP contribution in [0.25, 0.3) is 0 Å². The summed E-state index contributed by atoms with van der Waals surface area (Å²) < 4.78 is 0. The molecule has 1 aromatic heterocycles. The largest absolute Gasteiger partial charge is 0.234 e. The average molecular weight is 163 g/mol. The fraction of sp³-hybridized carbons (Fsp3) is 0. The van der Waals surface area contributed by atoms with Gasteiger partial charge in [-0.25, -0.2) is 11.3 Å². The minimum atomic E-state index is 0. The molecule has 0 spiro atoms. The van der Waals surface area contributed by atoms with Crippen LogP contribution >= 0.6 is 11.3 Å². The Morgan fingerprint density at radius 1 is 1.57 bits per heavy atom. The molecule has 0 N–H and O–H groups in total. The molecule has 0 aromatic carbocycles. The first-order chi connectivity index (χ1) is 2.89. The van der Waals surface area contributed by atoms with Crippen LogP contribution < -0.4 is 0 Å². The first kappa shape index (κ1) is 7.19. The van der Waals surface area contributed by atoms with Gasteiger partial charge >= 0.3 is 0 Å². The first-order valence-corrected chi connectivity index (χ1v) is 2.68. The van der Waals surface area contributed by atoms with Gasteiger partial charge in [-0.1, -0.05) is 5.38 Å². The molecule has 0 atom stereocenters. The van der Waals surface area contributed by atoms with Crippen LogP contribution in [-0.4, -0.2) is 0 Å². The maximum absolute atomic E-state index is 3.69. The van der Waals surface area contributed by atoms with Crippen molar-refractivity contribution < 1.29 is 19.5 Å². The molecule has 0 nitrogen and oxygen atoms in total. The molecule has 0 amide bonds. The van der Waals surface area contributed by atoms with Gasteiger partial charge in [0.2, 0.25) is 0 Å². The standard InChI is InChI=1S/C5H5S.Zn/c1-5-2-3-6-4-5;/h2-4H,1H2;/q-1;. The summed E-state index contributed by atoms with van der Waals surface area (Å²) in [6.07, 6.45) is 0. The van der Waals surface area contributed by atoms with Gasteiger partial charge < -0.3 is 0 Å². The molecular formula is C5H5SZn-. The molecule has 1 rings (SSSR count). The van der Waals surface area contributed by atoms with Crippen LogP contribution in [0.5, 0.6) is 0 Å². The second kappa shape index (κ2) is 3.23. The Morgan fingerprint density at radius 3 is 2.43 bits per heavy atom. The monoisotopic (exact) mass is 161 g/mol. The zero-order valence-electron chi connectivity index (χ0n) is 4.05. The molecular weight excluding hydrogens is 158 g/mol. The summed E-state index contributed by atoms with van der Waals surface area (Å²) >= 11 is 1.68. The van der Waals surface area contributed by atoms with Gasteiger partial charge in [-0.3, -0.25) is 0 Å². The van der Waals surface area contributed by atoms with Crippen molar-refractivity contribution in [3.63, 3.8) is 0 Å². The fourth-order valence-electron chi connectivity index (χ4n) is 0.293. The van der Waals surface area contributed by atoms with E-state index in [1.165, 1.54) is 0 Å². The van der Waals surface area contributed by atoms with E-state index in [9.17, 15) is 0 Å². The third-order valence-electron chi connectivity index (χ3n) is 0.580. The fourth-order valence-corrected chi connectivity index (χ4v) is 0.878. The zero-order valence-corrected chi connectivity index (χ0v) is 7.84.